The van der Waals surface area contributed by atoms with Crippen LogP contribution in [-0.4, -0.2) is 11.1 Å². The minimum absolute atomic E-state index is 0.400. The molecule has 3 nitrogen and oxygen atoms in total. The number of hydrogen-bond donors (Lipinski definition) is 1. The lowest BCUT2D eigenvalue weighted by atomic mass is 10.3. The van der Waals surface area contributed by atoms with E-state index in [9.17, 15) is 0 Å². The Balaban J connectivity index is 1.73. The van der Waals surface area contributed by atoms with Crippen molar-refractivity contribution in [3.05, 3.63) is 28.5 Å². The monoisotopic (exact) mass is 270 g/mol. The van der Waals surface area contributed by atoms with Crippen LogP contribution in [0.3, 0.4) is 0 Å². The van der Waals surface area contributed by atoms with Gasteiger partial charge in [-0.3, -0.25) is 4.84 Å². The molecule has 82 valence electrons. The third-order valence-electron chi connectivity index (χ3n) is 2.58. The van der Waals surface area contributed by atoms with Crippen LogP contribution < -0.4 is 5.48 Å². The van der Waals surface area contributed by atoms with E-state index in [0.29, 0.717) is 12.6 Å². The van der Waals surface area contributed by atoms with Crippen molar-refractivity contribution < 1.29 is 4.84 Å². The quantitative estimate of drug-likeness (QED) is 0.675. The molecule has 15 heavy (non-hydrogen) atoms. The molecule has 1 heterocycles. The number of pyridine rings is 1. The topological polar surface area (TPSA) is 34.1 Å². The van der Waals surface area contributed by atoms with Gasteiger partial charge in [-0.2, -0.15) is 5.48 Å². The molecule has 1 aromatic rings. The first-order valence-electron chi connectivity index (χ1n) is 5.34. The molecule has 0 aliphatic heterocycles. The zero-order valence-electron chi connectivity index (χ0n) is 8.58. The molecular formula is C11H15BrN2O. The minimum Gasteiger partial charge on any atom is -0.298 e. The Bertz CT molecular complexity index is 313. The normalized spacial score (nSPS) is 17.1. The van der Waals surface area contributed by atoms with Crippen molar-refractivity contribution in [3.8, 4) is 0 Å². The second kappa shape index (κ2) is 5.58. The first-order valence-corrected chi connectivity index (χ1v) is 6.14. The highest BCUT2D eigenvalue weighted by Gasteiger charge is 2.15. The summed E-state index contributed by atoms with van der Waals surface area (Å²) in [5.41, 5.74) is 3.98. The Hall–Kier alpha value is -0.450. The molecule has 0 radical (unpaired) electrons. The predicted octanol–water partition coefficient (Wildman–Crippen LogP) is 2.81. The summed E-state index contributed by atoms with van der Waals surface area (Å²) in [6, 6.07) is 5.88. The van der Waals surface area contributed by atoms with Crippen molar-refractivity contribution in [3.63, 3.8) is 0 Å². The van der Waals surface area contributed by atoms with E-state index in [0.717, 1.165) is 10.3 Å². The highest BCUT2D eigenvalue weighted by molar-refractivity contribution is 9.10. The molecule has 1 saturated carbocycles. The number of hydrogen-bond acceptors (Lipinski definition) is 3. The van der Waals surface area contributed by atoms with Crippen LogP contribution in [0.15, 0.2) is 22.8 Å². The summed E-state index contributed by atoms with van der Waals surface area (Å²) in [6.45, 7) is 0.663. The van der Waals surface area contributed by atoms with Gasteiger partial charge in [0.05, 0.1) is 18.3 Å². The van der Waals surface area contributed by atoms with E-state index in [1.54, 1.807) is 0 Å². The molecule has 1 aliphatic carbocycles. The van der Waals surface area contributed by atoms with Crippen molar-refractivity contribution in [2.24, 2.45) is 0 Å². The van der Waals surface area contributed by atoms with Gasteiger partial charge in [0.15, 0.2) is 0 Å². The van der Waals surface area contributed by atoms with E-state index in [-0.39, 0.29) is 0 Å². The fraction of sp³-hybridized carbons (Fsp3) is 0.545. The summed E-state index contributed by atoms with van der Waals surface area (Å²) in [6.07, 6.45) is 5.35. The first-order chi connectivity index (χ1) is 7.34. The molecule has 1 N–H and O–H groups in total. The van der Waals surface area contributed by atoms with Gasteiger partial charge in [0.25, 0.3) is 0 Å². The number of aromatic nitrogens is 1. The van der Waals surface area contributed by atoms with Gasteiger partial charge in [0.2, 0.25) is 0 Å². The average molecular weight is 271 g/mol. The van der Waals surface area contributed by atoms with Gasteiger partial charge >= 0.3 is 0 Å². The molecule has 0 spiro atoms. The predicted molar refractivity (Wildman–Crippen MR) is 62.1 cm³/mol. The molecule has 1 aliphatic rings. The Morgan fingerprint density at radius 2 is 2.20 bits per heavy atom. The van der Waals surface area contributed by atoms with Crippen LogP contribution in [-0.2, 0) is 11.4 Å². The number of halogens is 1. The number of hydroxylamine groups is 1. The lowest BCUT2D eigenvalue weighted by molar-refractivity contribution is -0.0249. The second-order valence-electron chi connectivity index (χ2n) is 3.80. The summed E-state index contributed by atoms with van der Waals surface area (Å²) in [5.74, 6) is 0. The van der Waals surface area contributed by atoms with E-state index in [4.69, 9.17) is 4.84 Å². The van der Waals surface area contributed by atoms with Gasteiger partial charge < -0.3 is 0 Å². The van der Waals surface area contributed by atoms with Crippen molar-refractivity contribution in [2.45, 2.75) is 38.3 Å². The van der Waals surface area contributed by atoms with Crippen molar-refractivity contribution in [1.82, 2.24) is 10.5 Å². The Morgan fingerprint density at radius 1 is 1.40 bits per heavy atom. The molecule has 4 heteroatoms. The summed E-state index contributed by atoms with van der Waals surface area (Å²) < 4.78 is 0.864. The van der Waals surface area contributed by atoms with E-state index < -0.39 is 0 Å². The first kappa shape index (κ1) is 11.0. The third-order valence-corrected chi connectivity index (χ3v) is 3.02. The van der Waals surface area contributed by atoms with Crippen molar-refractivity contribution in [1.29, 1.82) is 0 Å². The lowest BCUT2D eigenvalue weighted by Crippen LogP contribution is -2.21. The van der Waals surface area contributed by atoms with E-state index in [2.05, 4.69) is 26.4 Å². The molecule has 0 aromatic carbocycles. The summed E-state index contributed by atoms with van der Waals surface area (Å²) in [5, 5.41) is 0. The Kier molecular flexibility index (Phi) is 4.11. The lowest BCUT2D eigenvalue weighted by Gasteiger charge is -2.11. The van der Waals surface area contributed by atoms with Crippen LogP contribution in [0.4, 0.5) is 0 Å². The Morgan fingerprint density at radius 3 is 2.93 bits per heavy atom. The van der Waals surface area contributed by atoms with Gasteiger partial charge in [0, 0.05) is 0 Å². The van der Waals surface area contributed by atoms with Gasteiger partial charge in [-0.05, 0) is 40.9 Å². The number of rotatable bonds is 4. The summed E-state index contributed by atoms with van der Waals surface area (Å²) in [7, 11) is 0. The van der Waals surface area contributed by atoms with Crippen LogP contribution >= 0.6 is 15.9 Å². The molecular weight excluding hydrogens is 256 g/mol. The summed E-state index contributed by atoms with van der Waals surface area (Å²) >= 11 is 3.34. The van der Waals surface area contributed by atoms with Crippen LogP contribution in [0.2, 0.25) is 0 Å². The summed E-state index contributed by atoms with van der Waals surface area (Å²) in [4.78, 5) is 9.85. The molecule has 0 unspecified atom stereocenters. The van der Waals surface area contributed by atoms with Crippen LogP contribution in [0.25, 0.3) is 0 Å². The standard InChI is InChI=1S/C11H15BrN2O/c12-11-7-3-4-9(14-11)8-13-15-10-5-1-2-6-10/h3-4,7,10,13H,1-2,5-6,8H2. The van der Waals surface area contributed by atoms with Crippen molar-refractivity contribution >= 4 is 15.9 Å². The SMILES string of the molecule is Brc1cccc(CNOC2CCCC2)n1. The van der Waals surface area contributed by atoms with Crippen LogP contribution in [0, 0.1) is 0 Å². The molecule has 0 amide bonds. The van der Waals surface area contributed by atoms with Gasteiger partial charge in [-0.25, -0.2) is 4.98 Å². The maximum absolute atomic E-state index is 5.54. The maximum Gasteiger partial charge on any atom is 0.106 e. The van der Waals surface area contributed by atoms with Gasteiger partial charge in [0.1, 0.15) is 4.60 Å². The highest BCUT2D eigenvalue weighted by atomic mass is 79.9. The van der Waals surface area contributed by atoms with E-state index in [1.165, 1.54) is 25.7 Å². The third kappa shape index (κ3) is 3.55. The largest absolute Gasteiger partial charge is 0.298 e. The molecule has 1 aromatic heterocycles. The fourth-order valence-corrected chi connectivity index (χ4v) is 2.17. The molecule has 2 rings (SSSR count). The maximum atomic E-state index is 5.54. The smallest absolute Gasteiger partial charge is 0.106 e. The number of nitrogens with zero attached hydrogens (tertiary/aromatic N) is 1. The van der Waals surface area contributed by atoms with Gasteiger partial charge in [-0.15, -0.1) is 0 Å². The van der Waals surface area contributed by atoms with E-state index >= 15 is 0 Å². The fourth-order valence-electron chi connectivity index (χ4n) is 1.79. The van der Waals surface area contributed by atoms with Crippen LogP contribution in [0.1, 0.15) is 31.4 Å². The van der Waals surface area contributed by atoms with E-state index in [1.807, 2.05) is 18.2 Å². The van der Waals surface area contributed by atoms with Crippen LogP contribution in [0.5, 0.6) is 0 Å². The molecule has 0 saturated heterocycles. The molecule has 0 atom stereocenters. The second-order valence-corrected chi connectivity index (χ2v) is 4.61. The zero-order valence-corrected chi connectivity index (χ0v) is 10.2. The zero-order chi connectivity index (χ0) is 10.5. The highest BCUT2D eigenvalue weighted by Crippen LogP contribution is 2.19. The van der Waals surface area contributed by atoms with Crippen molar-refractivity contribution in [2.75, 3.05) is 0 Å². The minimum atomic E-state index is 0.400. The van der Waals surface area contributed by atoms with Gasteiger partial charge in [-0.1, -0.05) is 18.9 Å². The average Bonchev–Trinajstić information content (AvgIpc) is 2.71. The number of nitrogens with one attached hydrogen (secondary N) is 1. The molecule has 0 bridgehead atoms. The molecule has 1 fully saturated rings. The Labute approximate surface area is 98.3 Å².